The van der Waals surface area contributed by atoms with E-state index in [1.165, 1.54) is 0 Å². The number of rotatable bonds is 3. The van der Waals surface area contributed by atoms with Crippen LogP contribution in [0.4, 0.5) is 11.4 Å². The highest BCUT2D eigenvalue weighted by Crippen LogP contribution is 2.37. The molecule has 0 spiro atoms. The molecule has 5 aromatic carbocycles. The Morgan fingerprint density at radius 2 is 1.27 bits per heavy atom. The van der Waals surface area contributed by atoms with Gasteiger partial charge in [0.2, 0.25) is 0 Å². The molecule has 4 heteroatoms. The first-order valence-corrected chi connectivity index (χ1v) is 11.7. The van der Waals surface area contributed by atoms with Gasteiger partial charge >= 0.3 is 0 Å². The number of benzene rings is 5. The van der Waals surface area contributed by atoms with Crippen molar-refractivity contribution in [1.82, 2.24) is 4.57 Å². The highest BCUT2D eigenvalue weighted by atomic mass is 15.0. The third-order valence-electron chi connectivity index (χ3n) is 6.60. The zero-order valence-corrected chi connectivity index (χ0v) is 19.7. The second kappa shape index (κ2) is 8.86. The summed E-state index contributed by atoms with van der Waals surface area (Å²) < 4.78 is 2.16. The molecule has 0 unspecified atom stereocenters. The first kappa shape index (κ1) is 21.9. The minimum Gasteiger partial charge on any atom is -0.311 e. The van der Waals surface area contributed by atoms with E-state index in [0.29, 0.717) is 16.9 Å². The summed E-state index contributed by atoms with van der Waals surface area (Å²) in [4.78, 5) is 7.40. The summed E-state index contributed by atoms with van der Waals surface area (Å²) in [6, 6.07) is 37.8. The SMILES string of the molecule is [C-]#[N+]c1cc(-c2cccc(-c3cccc(C#N)c3)c2)cc(-n2c3ccccc3c3cc([N+]#[C-])ccc32)c1. The predicted octanol–water partition coefficient (Wildman–Crippen LogP) is 9.09. The van der Waals surface area contributed by atoms with E-state index in [1.807, 2.05) is 78.9 Å². The van der Waals surface area contributed by atoms with Crippen LogP contribution in [-0.4, -0.2) is 4.57 Å². The Labute approximate surface area is 214 Å². The minimum absolute atomic E-state index is 0.549. The zero-order valence-electron chi connectivity index (χ0n) is 19.7. The molecule has 0 radical (unpaired) electrons. The molecule has 0 saturated heterocycles. The highest BCUT2D eigenvalue weighted by molar-refractivity contribution is 6.10. The normalized spacial score (nSPS) is 10.6. The lowest BCUT2D eigenvalue weighted by atomic mass is 9.97. The topological polar surface area (TPSA) is 37.4 Å². The fourth-order valence-electron chi connectivity index (χ4n) is 4.91. The van der Waals surface area contributed by atoms with Crippen LogP contribution in [0.25, 0.3) is 59.4 Å². The largest absolute Gasteiger partial charge is 0.311 e. The molecular weight excluding hydrogens is 452 g/mol. The van der Waals surface area contributed by atoms with Crippen LogP contribution in [0.1, 0.15) is 5.56 Å². The van der Waals surface area contributed by atoms with E-state index in [2.05, 4.69) is 44.6 Å². The lowest BCUT2D eigenvalue weighted by Gasteiger charge is -2.13. The van der Waals surface area contributed by atoms with Crippen LogP contribution in [0.5, 0.6) is 0 Å². The van der Waals surface area contributed by atoms with E-state index in [0.717, 1.165) is 49.7 Å². The van der Waals surface area contributed by atoms with Crippen LogP contribution in [0.15, 0.2) is 109 Å². The zero-order chi connectivity index (χ0) is 25.4. The molecule has 0 fully saturated rings. The average Bonchev–Trinajstić information content (AvgIpc) is 3.30. The third kappa shape index (κ3) is 3.78. The monoisotopic (exact) mass is 470 g/mol. The van der Waals surface area contributed by atoms with Gasteiger partial charge in [-0.3, -0.25) is 0 Å². The molecule has 0 aliphatic rings. The van der Waals surface area contributed by atoms with Crippen molar-refractivity contribution in [2.45, 2.75) is 0 Å². The Kier molecular flexibility index (Phi) is 5.24. The van der Waals surface area contributed by atoms with Gasteiger partial charge in [-0.15, -0.1) is 0 Å². The average molecular weight is 471 g/mol. The van der Waals surface area contributed by atoms with E-state index >= 15 is 0 Å². The predicted molar refractivity (Wildman–Crippen MR) is 149 cm³/mol. The Hall–Kier alpha value is -5.63. The molecule has 4 nitrogen and oxygen atoms in total. The molecule has 1 aromatic heterocycles. The first-order chi connectivity index (χ1) is 18.2. The van der Waals surface area contributed by atoms with Gasteiger partial charge in [0.05, 0.1) is 35.8 Å². The van der Waals surface area contributed by atoms with Crippen LogP contribution in [0, 0.1) is 24.5 Å². The lowest BCUT2D eigenvalue weighted by Crippen LogP contribution is -1.94. The second-order valence-corrected chi connectivity index (χ2v) is 8.79. The smallest absolute Gasteiger partial charge is 0.189 e. The van der Waals surface area contributed by atoms with Crippen LogP contribution >= 0.6 is 0 Å². The summed E-state index contributed by atoms with van der Waals surface area (Å²) in [7, 11) is 0. The Bertz CT molecular complexity index is 1970. The van der Waals surface area contributed by atoms with Crippen molar-refractivity contribution >= 4 is 33.2 Å². The van der Waals surface area contributed by atoms with Gasteiger partial charge in [-0.05, 0) is 82.2 Å². The van der Waals surface area contributed by atoms with Gasteiger partial charge in [0.15, 0.2) is 11.4 Å². The number of para-hydroxylation sites is 1. The van der Waals surface area contributed by atoms with Gasteiger partial charge in [-0.2, -0.15) is 5.26 Å². The molecule has 170 valence electrons. The van der Waals surface area contributed by atoms with E-state index in [9.17, 15) is 5.26 Å². The maximum absolute atomic E-state index is 9.31. The number of hydrogen-bond donors (Lipinski definition) is 0. The van der Waals surface area contributed by atoms with E-state index in [4.69, 9.17) is 13.1 Å². The maximum atomic E-state index is 9.31. The molecule has 0 bridgehead atoms. The van der Waals surface area contributed by atoms with Crippen molar-refractivity contribution in [1.29, 1.82) is 5.26 Å². The van der Waals surface area contributed by atoms with E-state index in [-0.39, 0.29) is 0 Å². The van der Waals surface area contributed by atoms with Crippen LogP contribution in [0.3, 0.4) is 0 Å². The highest BCUT2D eigenvalue weighted by Gasteiger charge is 2.14. The van der Waals surface area contributed by atoms with Gasteiger partial charge in [0.25, 0.3) is 0 Å². The summed E-state index contributed by atoms with van der Waals surface area (Å²) >= 11 is 0. The van der Waals surface area contributed by atoms with E-state index in [1.54, 1.807) is 6.07 Å². The summed E-state index contributed by atoms with van der Waals surface area (Å²) in [6.45, 7) is 15.2. The summed E-state index contributed by atoms with van der Waals surface area (Å²) in [5, 5.41) is 11.4. The molecule has 6 rings (SSSR count). The van der Waals surface area contributed by atoms with Crippen molar-refractivity contribution in [3.8, 4) is 34.0 Å². The lowest BCUT2D eigenvalue weighted by molar-refractivity contribution is 1.18. The summed E-state index contributed by atoms with van der Waals surface area (Å²) in [5.74, 6) is 0. The number of nitriles is 1. The van der Waals surface area contributed by atoms with Gasteiger partial charge in [0.1, 0.15) is 0 Å². The quantitative estimate of drug-likeness (QED) is 0.238. The molecule has 0 aliphatic heterocycles. The number of fused-ring (bicyclic) bond motifs is 3. The summed E-state index contributed by atoms with van der Waals surface area (Å²) in [5.41, 5.74) is 8.58. The first-order valence-electron chi connectivity index (χ1n) is 11.7. The fourth-order valence-corrected chi connectivity index (χ4v) is 4.91. The molecule has 0 aliphatic carbocycles. The van der Waals surface area contributed by atoms with Crippen molar-refractivity contribution in [2.24, 2.45) is 0 Å². The third-order valence-corrected chi connectivity index (χ3v) is 6.60. The fraction of sp³-hybridized carbons (Fsp3) is 0. The molecule has 6 aromatic rings. The van der Waals surface area contributed by atoms with Crippen molar-refractivity contribution in [3.63, 3.8) is 0 Å². The van der Waals surface area contributed by atoms with Crippen LogP contribution in [0.2, 0.25) is 0 Å². The van der Waals surface area contributed by atoms with Crippen LogP contribution in [-0.2, 0) is 0 Å². The standard InChI is InChI=1S/C33H18N4/c1-35-27-13-14-33-31(20-27)30-11-3-4-12-32(30)37(33)29-18-26(17-28(19-29)36-2)25-10-6-9-24(16-25)23-8-5-7-22(15-23)21-34/h3-20H. The Balaban J connectivity index is 1.56. The van der Waals surface area contributed by atoms with Crippen molar-refractivity contribution < 1.29 is 0 Å². The van der Waals surface area contributed by atoms with Crippen LogP contribution < -0.4 is 0 Å². The van der Waals surface area contributed by atoms with E-state index < -0.39 is 0 Å². The number of hydrogen-bond acceptors (Lipinski definition) is 1. The van der Waals surface area contributed by atoms with Gasteiger partial charge in [-0.25, -0.2) is 9.69 Å². The number of nitrogens with zero attached hydrogens (tertiary/aromatic N) is 4. The molecule has 1 heterocycles. The van der Waals surface area contributed by atoms with Gasteiger partial charge in [-0.1, -0.05) is 54.6 Å². The maximum Gasteiger partial charge on any atom is 0.189 e. The molecule has 0 amide bonds. The molecule has 0 saturated carbocycles. The molecule has 0 atom stereocenters. The Morgan fingerprint density at radius 3 is 2.05 bits per heavy atom. The second-order valence-electron chi connectivity index (χ2n) is 8.79. The molecule has 37 heavy (non-hydrogen) atoms. The minimum atomic E-state index is 0.549. The molecule has 0 N–H and O–H groups in total. The summed E-state index contributed by atoms with van der Waals surface area (Å²) in [6.07, 6.45) is 0. The van der Waals surface area contributed by atoms with Gasteiger partial charge < -0.3 is 4.57 Å². The number of aromatic nitrogens is 1. The molecular formula is C33H18N4. The van der Waals surface area contributed by atoms with Crippen molar-refractivity contribution in [2.75, 3.05) is 0 Å². The van der Waals surface area contributed by atoms with Gasteiger partial charge in [0, 0.05) is 11.1 Å². The van der Waals surface area contributed by atoms with Crippen molar-refractivity contribution in [3.05, 3.63) is 138 Å². The Morgan fingerprint density at radius 1 is 0.568 bits per heavy atom.